The van der Waals surface area contributed by atoms with Gasteiger partial charge in [0.25, 0.3) is 0 Å². The van der Waals surface area contributed by atoms with Crippen LogP contribution in [0, 0.1) is 5.82 Å². The average Bonchev–Trinajstić information content (AvgIpc) is 2.18. The Bertz CT molecular complexity index is 363. The minimum atomic E-state index is -0.0469. The van der Waals surface area contributed by atoms with Crippen molar-refractivity contribution in [3.63, 3.8) is 0 Å². The Hall–Kier alpha value is -1.11. The Morgan fingerprint density at radius 3 is 3.00 bits per heavy atom. The van der Waals surface area contributed by atoms with Crippen molar-refractivity contribution in [2.24, 2.45) is 0 Å². The van der Waals surface area contributed by atoms with E-state index >= 15 is 0 Å². The van der Waals surface area contributed by atoms with Crippen molar-refractivity contribution < 1.29 is 4.39 Å². The van der Waals surface area contributed by atoms with Crippen molar-refractivity contribution in [1.29, 1.82) is 0 Å². The van der Waals surface area contributed by atoms with Gasteiger partial charge in [-0.3, -0.25) is 0 Å². The minimum absolute atomic E-state index is 0.0469. The third-order valence-corrected chi connectivity index (χ3v) is 2.80. The molecule has 0 N–H and O–H groups in total. The zero-order valence-electron chi connectivity index (χ0n) is 8.52. The Labute approximate surface area is 84.5 Å². The molecule has 0 nitrogen and oxygen atoms in total. The van der Waals surface area contributed by atoms with Crippen LogP contribution in [-0.2, 0) is 12.8 Å². The molecule has 14 heavy (non-hydrogen) atoms. The second-order valence-corrected chi connectivity index (χ2v) is 3.87. The molecular formula is C13H15F. The van der Waals surface area contributed by atoms with Crippen LogP contribution < -0.4 is 0 Å². The van der Waals surface area contributed by atoms with Crippen LogP contribution in [0.2, 0.25) is 0 Å². The fourth-order valence-corrected chi connectivity index (χ4v) is 2.07. The van der Waals surface area contributed by atoms with Gasteiger partial charge in [-0.25, -0.2) is 4.39 Å². The molecule has 74 valence electrons. The van der Waals surface area contributed by atoms with Crippen LogP contribution >= 0.6 is 0 Å². The average molecular weight is 190 g/mol. The van der Waals surface area contributed by atoms with E-state index in [1.165, 1.54) is 17.6 Å². The standard InChI is InChI=1S/C13H15F/c1-2-4-10-7-8-12-11(9-10)5-3-6-13(12)14/h3,5-7H,2,4,8-9H2,1H3. The zero-order valence-corrected chi connectivity index (χ0v) is 8.52. The molecule has 0 atom stereocenters. The topological polar surface area (TPSA) is 0 Å². The van der Waals surface area contributed by atoms with Gasteiger partial charge in [0.1, 0.15) is 5.82 Å². The van der Waals surface area contributed by atoms with Crippen LogP contribution in [0.4, 0.5) is 4.39 Å². The Kier molecular flexibility index (Phi) is 2.67. The van der Waals surface area contributed by atoms with Crippen molar-refractivity contribution in [2.75, 3.05) is 0 Å². The van der Waals surface area contributed by atoms with Gasteiger partial charge in [-0.1, -0.05) is 37.1 Å². The fourth-order valence-electron chi connectivity index (χ4n) is 2.07. The quantitative estimate of drug-likeness (QED) is 0.624. The minimum Gasteiger partial charge on any atom is -0.207 e. The van der Waals surface area contributed by atoms with Gasteiger partial charge in [-0.15, -0.1) is 0 Å². The number of hydrogen-bond donors (Lipinski definition) is 0. The summed E-state index contributed by atoms with van der Waals surface area (Å²) in [6, 6.07) is 5.40. The van der Waals surface area contributed by atoms with Gasteiger partial charge in [0.2, 0.25) is 0 Å². The smallest absolute Gasteiger partial charge is 0.126 e. The highest BCUT2D eigenvalue weighted by molar-refractivity contribution is 5.37. The molecule has 0 spiro atoms. The van der Waals surface area contributed by atoms with E-state index in [1.54, 1.807) is 6.07 Å². The lowest BCUT2D eigenvalue weighted by Crippen LogP contribution is -2.05. The van der Waals surface area contributed by atoms with E-state index in [0.29, 0.717) is 0 Å². The zero-order chi connectivity index (χ0) is 9.97. The first kappa shape index (κ1) is 9.45. The number of rotatable bonds is 2. The highest BCUT2D eigenvalue weighted by Gasteiger charge is 2.13. The summed E-state index contributed by atoms with van der Waals surface area (Å²) in [5, 5.41) is 0. The highest BCUT2D eigenvalue weighted by atomic mass is 19.1. The molecule has 0 aromatic heterocycles. The van der Waals surface area contributed by atoms with Crippen LogP contribution in [0.25, 0.3) is 0 Å². The number of hydrogen-bond acceptors (Lipinski definition) is 0. The lowest BCUT2D eigenvalue weighted by atomic mass is 9.89. The van der Waals surface area contributed by atoms with E-state index in [2.05, 4.69) is 13.0 Å². The van der Waals surface area contributed by atoms with E-state index in [9.17, 15) is 4.39 Å². The molecule has 1 aliphatic rings. The molecule has 0 saturated heterocycles. The van der Waals surface area contributed by atoms with E-state index in [-0.39, 0.29) is 5.82 Å². The fraction of sp³-hybridized carbons (Fsp3) is 0.385. The second-order valence-electron chi connectivity index (χ2n) is 3.87. The predicted molar refractivity (Wildman–Crippen MR) is 56.8 cm³/mol. The van der Waals surface area contributed by atoms with Gasteiger partial charge in [0.15, 0.2) is 0 Å². The van der Waals surface area contributed by atoms with Crippen molar-refractivity contribution in [1.82, 2.24) is 0 Å². The van der Waals surface area contributed by atoms with E-state index in [1.807, 2.05) is 12.1 Å². The molecule has 0 radical (unpaired) electrons. The molecule has 1 aromatic carbocycles. The summed E-state index contributed by atoms with van der Waals surface area (Å²) in [7, 11) is 0. The summed E-state index contributed by atoms with van der Waals surface area (Å²) in [4.78, 5) is 0. The van der Waals surface area contributed by atoms with Crippen molar-refractivity contribution in [2.45, 2.75) is 32.6 Å². The van der Waals surface area contributed by atoms with Gasteiger partial charge in [0, 0.05) is 0 Å². The van der Waals surface area contributed by atoms with Gasteiger partial charge in [-0.05, 0) is 36.5 Å². The molecule has 0 saturated carbocycles. The maximum Gasteiger partial charge on any atom is 0.126 e. The van der Waals surface area contributed by atoms with E-state index < -0.39 is 0 Å². The number of benzene rings is 1. The number of halogens is 1. The molecule has 0 amide bonds. The first-order valence-corrected chi connectivity index (χ1v) is 5.25. The monoisotopic (exact) mass is 190 g/mol. The molecule has 0 fully saturated rings. The van der Waals surface area contributed by atoms with Crippen LogP contribution in [0.1, 0.15) is 30.9 Å². The number of fused-ring (bicyclic) bond motifs is 1. The van der Waals surface area contributed by atoms with Crippen molar-refractivity contribution in [3.05, 3.63) is 46.8 Å². The molecule has 1 aromatic rings. The third-order valence-electron chi connectivity index (χ3n) is 2.80. The Morgan fingerprint density at radius 1 is 1.36 bits per heavy atom. The molecule has 1 aliphatic carbocycles. The first-order valence-electron chi connectivity index (χ1n) is 5.25. The summed E-state index contributed by atoms with van der Waals surface area (Å²) in [6.45, 7) is 2.18. The van der Waals surface area contributed by atoms with Gasteiger partial charge >= 0.3 is 0 Å². The normalized spacial score (nSPS) is 14.9. The van der Waals surface area contributed by atoms with Gasteiger partial charge in [0.05, 0.1) is 0 Å². The maximum absolute atomic E-state index is 13.4. The summed E-state index contributed by atoms with van der Waals surface area (Å²) in [5.74, 6) is -0.0469. The molecule has 0 aliphatic heterocycles. The lowest BCUT2D eigenvalue weighted by molar-refractivity contribution is 0.609. The van der Waals surface area contributed by atoms with Gasteiger partial charge < -0.3 is 0 Å². The largest absolute Gasteiger partial charge is 0.207 e. The van der Waals surface area contributed by atoms with E-state index in [4.69, 9.17) is 0 Å². The van der Waals surface area contributed by atoms with Crippen molar-refractivity contribution >= 4 is 0 Å². The second kappa shape index (κ2) is 3.95. The predicted octanol–water partition coefficient (Wildman–Crippen LogP) is 3.65. The molecule has 0 bridgehead atoms. The molecule has 1 heteroatoms. The molecule has 2 rings (SSSR count). The summed E-state index contributed by atoms with van der Waals surface area (Å²) in [6.07, 6.45) is 6.24. The lowest BCUT2D eigenvalue weighted by Gasteiger charge is -2.17. The summed E-state index contributed by atoms with van der Waals surface area (Å²) in [5.41, 5.74) is 3.54. The Morgan fingerprint density at radius 2 is 2.21 bits per heavy atom. The van der Waals surface area contributed by atoms with Crippen LogP contribution in [-0.4, -0.2) is 0 Å². The van der Waals surface area contributed by atoms with Crippen molar-refractivity contribution in [3.8, 4) is 0 Å². The maximum atomic E-state index is 13.4. The van der Waals surface area contributed by atoms with Crippen LogP contribution in [0.3, 0.4) is 0 Å². The first-order chi connectivity index (χ1) is 6.81. The summed E-state index contributed by atoms with van der Waals surface area (Å²) < 4.78 is 13.4. The highest BCUT2D eigenvalue weighted by Crippen LogP contribution is 2.25. The van der Waals surface area contributed by atoms with Gasteiger partial charge in [-0.2, -0.15) is 0 Å². The van der Waals surface area contributed by atoms with Crippen LogP contribution in [0.5, 0.6) is 0 Å². The SMILES string of the molecule is CCCC1=CCc2c(F)cccc2C1. The Balaban J connectivity index is 2.25. The van der Waals surface area contributed by atoms with E-state index in [0.717, 1.165) is 24.8 Å². The molecule has 0 heterocycles. The summed E-state index contributed by atoms with van der Waals surface area (Å²) >= 11 is 0. The molecule has 0 unspecified atom stereocenters. The van der Waals surface area contributed by atoms with Crippen LogP contribution in [0.15, 0.2) is 29.8 Å². The third kappa shape index (κ3) is 1.72. The molecular weight excluding hydrogens is 175 g/mol. The number of allylic oxidation sites excluding steroid dienone is 2.